The molecule has 4 rings (SSSR count). The van der Waals surface area contributed by atoms with E-state index in [-0.39, 0.29) is 36.4 Å². The first-order valence-electron chi connectivity index (χ1n) is 9.38. The van der Waals surface area contributed by atoms with Gasteiger partial charge in [-0.3, -0.25) is 29.4 Å². The van der Waals surface area contributed by atoms with Crippen molar-refractivity contribution in [2.45, 2.75) is 12.8 Å². The zero-order valence-electron chi connectivity index (χ0n) is 15.8. The second-order valence-electron chi connectivity index (χ2n) is 6.93. The van der Waals surface area contributed by atoms with Crippen LogP contribution in [-0.2, 0) is 4.79 Å². The lowest BCUT2D eigenvalue weighted by molar-refractivity contribution is -0.384. The van der Waals surface area contributed by atoms with Crippen molar-refractivity contribution >= 4 is 39.9 Å². The van der Waals surface area contributed by atoms with Gasteiger partial charge in [0.15, 0.2) is 0 Å². The largest absolute Gasteiger partial charge is 0.326 e. The normalized spacial score (nSPS) is 12.9. The lowest BCUT2D eigenvalue weighted by Gasteiger charge is -2.27. The Balaban J connectivity index is 1.39. The predicted molar refractivity (Wildman–Crippen MR) is 110 cm³/mol. The lowest BCUT2D eigenvalue weighted by Crippen LogP contribution is -2.41. The topological polar surface area (TPSA) is 110 Å². The van der Waals surface area contributed by atoms with Crippen molar-refractivity contribution in [2.24, 2.45) is 0 Å². The number of hydrogen-bond donors (Lipinski definition) is 1. The lowest BCUT2D eigenvalue weighted by atomic mass is 9.94. The van der Waals surface area contributed by atoms with Crippen molar-refractivity contribution in [1.29, 1.82) is 0 Å². The van der Waals surface area contributed by atoms with E-state index < -0.39 is 4.92 Å². The Morgan fingerprint density at radius 2 is 1.53 bits per heavy atom. The van der Waals surface area contributed by atoms with Crippen LogP contribution in [0.25, 0.3) is 10.8 Å². The Bertz CT molecular complexity index is 1140. The van der Waals surface area contributed by atoms with E-state index in [1.165, 1.54) is 29.2 Å². The fraction of sp³-hybridized carbons (Fsp3) is 0.136. The molecule has 1 heterocycles. The van der Waals surface area contributed by atoms with Crippen LogP contribution in [0.1, 0.15) is 33.6 Å². The Kier molecular flexibility index (Phi) is 4.97. The van der Waals surface area contributed by atoms with Gasteiger partial charge in [-0.15, -0.1) is 0 Å². The molecule has 150 valence electrons. The highest BCUT2D eigenvalue weighted by atomic mass is 16.6. The minimum Gasteiger partial charge on any atom is -0.326 e. The molecule has 0 radical (unpaired) electrons. The zero-order valence-corrected chi connectivity index (χ0v) is 15.8. The van der Waals surface area contributed by atoms with E-state index in [0.717, 1.165) is 5.39 Å². The number of benzene rings is 3. The second kappa shape index (κ2) is 7.75. The second-order valence-corrected chi connectivity index (χ2v) is 6.93. The molecule has 3 amide bonds. The molecule has 0 saturated heterocycles. The number of nitro groups is 1. The van der Waals surface area contributed by atoms with E-state index in [4.69, 9.17) is 0 Å². The van der Waals surface area contributed by atoms with E-state index in [1.807, 2.05) is 12.1 Å². The van der Waals surface area contributed by atoms with E-state index in [9.17, 15) is 24.5 Å². The highest BCUT2D eigenvalue weighted by Crippen LogP contribution is 2.30. The van der Waals surface area contributed by atoms with Gasteiger partial charge in [-0.2, -0.15) is 0 Å². The molecular formula is C22H17N3O5. The summed E-state index contributed by atoms with van der Waals surface area (Å²) in [4.78, 5) is 49.1. The van der Waals surface area contributed by atoms with Crippen LogP contribution < -0.4 is 5.32 Å². The smallest absolute Gasteiger partial charge is 0.269 e. The van der Waals surface area contributed by atoms with Gasteiger partial charge < -0.3 is 5.32 Å². The van der Waals surface area contributed by atoms with Gasteiger partial charge in [0.25, 0.3) is 17.5 Å². The minimum absolute atomic E-state index is 0.0644. The molecule has 0 atom stereocenters. The molecular weight excluding hydrogens is 386 g/mol. The first-order valence-corrected chi connectivity index (χ1v) is 9.38. The summed E-state index contributed by atoms with van der Waals surface area (Å²) in [7, 11) is 0. The Morgan fingerprint density at radius 1 is 0.933 bits per heavy atom. The number of imide groups is 1. The van der Waals surface area contributed by atoms with Crippen LogP contribution in [0.2, 0.25) is 0 Å². The number of carbonyl (C=O) groups excluding carboxylic acids is 3. The van der Waals surface area contributed by atoms with Gasteiger partial charge in [0.1, 0.15) is 0 Å². The highest BCUT2D eigenvalue weighted by molar-refractivity contribution is 6.25. The third-order valence-electron chi connectivity index (χ3n) is 5.00. The number of nitrogens with one attached hydrogen (secondary N) is 1. The van der Waals surface area contributed by atoms with Crippen LogP contribution in [0.3, 0.4) is 0 Å². The molecule has 0 unspecified atom stereocenters. The van der Waals surface area contributed by atoms with Crippen molar-refractivity contribution in [2.75, 3.05) is 11.9 Å². The van der Waals surface area contributed by atoms with Crippen LogP contribution in [0.5, 0.6) is 0 Å². The maximum absolute atomic E-state index is 12.8. The number of amides is 3. The van der Waals surface area contributed by atoms with Gasteiger partial charge in [0.05, 0.1) is 4.92 Å². The molecule has 0 aliphatic carbocycles. The van der Waals surface area contributed by atoms with Gasteiger partial charge in [0, 0.05) is 47.3 Å². The Hall–Kier alpha value is -4.07. The summed E-state index contributed by atoms with van der Waals surface area (Å²) in [6.07, 6.45) is 0.397. The van der Waals surface area contributed by atoms with Crippen LogP contribution in [0.4, 0.5) is 11.4 Å². The number of hydrogen-bond acceptors (Lipinski definition) is 5. The molecule has 3 aromatic carbocycles. The molecule has 0 bridgehead atoms. The van der Waals surface area contributed by atoms with E-state index in [0.29, 0.717) is 28.6 Å². The summed E-state index contributed by atoms with van der Waals surface area (Å²) in [5.41, 5.74) is 1.35. The highest BCUT2D eigenvalue weighted by Gasteiger charge is 2.32. The zero-order chi connectivity index (χ0) is 21.3. The molecule has 0 aromatic heterocycles. The predicted octanol–water partition coefficient (Wildman–Crippen LogP) is 3.76. The van der Waals surface area contributed by atoms with Gasteiger partial charge in [0.2, 0.25) is 5.91 Å². The average molecular weight is 403 g/mol. The maximum atomic E-state index is 12.8. The summed E-state index contributed by atoms with van der Waals surface area (Å²) in [6, 6.07) is 16.2. The number of nitro benzene ring substituents is 1. The van der Waals surface area contributed by atoms with Crippen molar-refractivity contribution in [3.8, 4) is 0 Å². The third-order valence-corrected chi connectivity index (χ3v) is 5.00. The van der Waals surface area contributed by atoms with Gasteiger partial charge >= 0.3 is 0 Å². The molecule has 30 heavy (non-hydrogen) atoms. The van der Waals surface area contributed by atoms with Crippen molar-refractivity contribution < 1.29 is 19.3 Å². The maximum Gasteiger partial charge on any atom is 0.269 e. The molecule has 0 spiro atoms. The number of nitrogens with zero attached hydrogens (tertiary/aromatic N) is 2. The number of non-ortho nitro benzene ring substituents is 1. The molecule has 1 N–H and O–H groups in total. The van der Waals surface area contributed by atoms with E-state index in [2.05, 4.69) is 5.32 Å². The number of anilines is 1. The molecule has 8 heteroatoms. The van der Waals surface area contributed by atoms with Crippen LogP contribution >= 0.6 is 0 Å². The third kappa shape index (κ3) is 3.50. The summed E-state index contributed by atoms with van der Waals surface area (Å²) >= 11 is 0. The van der Waals surface area contributed by atoms with Gasteiger partial charge in [-0.05, 0) is 36.1 Å². The fourth-order valence-electron chi connectivity index (χ4n) is 3.57. The summed E-state index contributed by atoms with van der Waals surface area (Å²) in [6.45, 7) is 0.121. The minimum atomic E-state index is -0.517. The fourth-order valence-corrected chi connectivity index (χ4v) is 3.57. The molecule has 0 saturated carbocycles. The van der Waals surface area contributed by atoms with Crippen LogP contribution in [0.15, 0.2) is 60.7 Å². The van der Waals surface area contributed by atoms with E-state index >= 15 is 0 Å². The average Bonchev–Trinajstić information content (AvgIpc) is 2.74. The first kappa shape index (κ1) is 19.3. The van der Waals surface area contributed by atoms with Gasteiger partial charge in [-0.25, -0.2) is 0 Å². The Labute approximate surface area is 171 Å². The monoisotopic (exact) mass is 403 g/mol. The molecule has 1 aliphatic heterocycles. The quantitative estimate of drug-likeness (QED) is 0.383. The summed E-state index contributed by atoms with van der Waals surface area (Å²) in [5, 5.41) is 14.8. The standard InChI is InChI=1S/C22H17N3O5/c26-19(23-15-9-11-16(12-10-15)25(29)30)8-3-13-24-21(27)17-6-1-4-14-5-2-7-18(20(14)17)22(24)28/h1-2,4-7,9-12H,3,8,13H2,(H,23,26). The van der Waals surface area contributed by atoms with Crippen molar-refractivity contribution in [1.82, 2.24) is 4.90 Å². The van der Waals surface area contributed by atoms with Crippen molar-refractivity contribution in [3.05, 3.63) is 81.9 Å². The summed E-state index contributed by atoms with van der Waals surface area (Å²) in [5.74, 6) is -1.02. The molecule has 3 aromatic rings. The van der Waals surface area contributed by atoms with Gasteiger partial charge in [-0.1, -0.05) is 24.3 Å². The van der Waals surface area contributed by atoms with Crippen LogP contribution in [0, 0.1) is 10.1 Å². The number of rotatable bonds is 6. The van der Waals surface area contributed by atoms with Crippen molar-refractivity contribution in [3.63, 3.8) is 0 Å². The number of carbonyl (C=O) groups is 3. The summed E-state index contributed by atoms with van der Waals surface area (Å²) < 4.78 is 0. The first-order chi connectivity index (χ1) is 14.5. The molecule has 8 nitrogen and oxygen atoms in total. The molecule has 1 aliphatic rings. The Morgan fingerprint density at radius 3 is 2.10 bits per heavy atom. The SMILES string of the molecule is O=C(CCCN1C(=O)c2cccc3cccc(c23)C1=O)Nc1ccc([N+](=O)[O-])cc1. The van der Waals surface area contributed by atoms with E-state index in [1.54, 1.807) is 24.3 Å². The molecule has 0 fully saturated rings. The van der Waals surface area contributed by atoms with Crippen LogP contribution in [-0.4, -0.2) is 34.1 Å².